The Morgan fingerprint density at radius 1 is 1.24 bits per heavy atom. The van der Waals surface area contributed by atoms with E-state index in [1.165, 1.54) is 11.3 Å². The number of rotatable bonds is 5. The maximum Gasteiger partial charge on any atom is 0.246 e. The summed E-state index contributed by atoms with van der Waals surface area (Å²) in [6, 6.07) is -0.944. The monoisotopic (exact) mass is 298 g/mol. The summed E-state index contributed by atoms with van der Waals surface area (Å²) in [4.78, 5) is 26.6. The number of amides is 2. The predicted octanol–water partition coefficient (Wildman–Crippen LogP) is 2.28. The summed E-state index contributed by atoms with van der Waals surface area (Å²) in [6.45, 7) is 3.47. The highest BCUT2D eigenvalue weighted by atomic mass is 19.1. The molecule has 2 fully saturated rings. The van der Waals surface area contributed by atoms with Crippen LogP contribution in [0.3, 0.4) is 0 Å². The van der Waals surface area contributed by atoms with Crippen molar-refractivity contribution in [2.45, 2.75) is 64.5 Å². The van der Waals surface area contributed by atoms with Crippen molar-refractivity contribution in [1.29, 1.82) is 0 Å². The number of hydrogen-bond acceptors (Lipinski definition) is 2. The topological polar surface area (TPSA) is 49.4 Å². The van der Waals surface area contributed by atoms with E-state index in [0.29, 0.717) is 12.3 Å². The third-order valence-corrected chi connectivity index (χ3v) is 4.67. The van der Waals surface area contributed by atoms with Gasteiger partial charge in [-0.2, -0.15) is 0 Å². The zero-order valence-electron chi connectivity index (χ0n) is 13.1. The molecular formula is C16H27FN2O2. The molecule has 1 heterocycles. The molecule has 0 bridgehead atoms. The van der Waals surface area contributed by atoms with Gasteiger partial charge in [0.2, 0.25) is 11.8 Å². The summed E-state index contributed by atoms with van der Waals surface area (Å²) >= 11 is 0. The van der Waals surface area contributed by atoms with Crippen molar-refractivity contribution >= 4 is 11.8 Å². The van der Waals surface area contributed by atoms with E-state index in [0.717, 1.165) is 25.7 Å². The van der Waals surface area contributed by atoms with Crippen LogP contribution in [0.2, 0.25) is 0 Å². The van der Waals surface area contributed by atoms with Crippen molar-refractivity contribution in [2.24, 2.45) is 11.8 Å². The van der Waals surface area contributed by atoms with E-state index in [9.17, 15) is 14.0 Å². The van der Waals surface area contributed by atoms with E-state index in [1.807, 2.05) is 13.8 Å². The number of nitrogens with one attached hydrogen (secondary N) is 1. The Kier molecular flexibility index (Phi) is 5.59. The van der Waals surface area contributed by atoms with Crippen LogP contribution in [0.1, 0.15) is 52.4 Å². The summed E-state index contributed by atoms with van der Waals surface area (Å²) in [7, 11) is 0. The van der Waals surface area contributed by atoms with Gasteiger partial charge < -0.3 is 10.2 Å². The molecule has 5 heteroatoms. The fourth-order valence-corrected chi connectivity index (χ4v) is 3.61. The normalized spacial score (nSPS) is 28.1. The summed E-state index contributed by atoms with van der Waals surface area (Å²) in [6.07, 6.45) is 5.99. The first-order chi connectivity index (χ1) is 10.0. The fourth-order valence-electron chi connectivity index (χ4n) is 3.61. The molecule has 0 spiro atoms. The van der Waals surface area contributed by atoms with Crippen LogP contribution in [0, 0.1) is 11.8 Å². The lowest BCUT2D eigenvalue weighted by Crippen LogP contribution is -2.65. The SMILES string of the molecule is CC(C)CC1C(=O)NC(C2CCCCC2)C(=O)N1CCF. The molecule has 1 aliphatic carbocycles. The molecule has 0 aromatic heterocycles. The van der Waals surface area contributed by atoms with Gasteiger partial charge in [-0.1, -0.05) is 33.1 Å². The number of carbonyl (C=O) groups is 2. The average molecular weight is 298 g/mol. The molecule has 4 nitrogen and oxygen atoms in total. The highest BCUT2D eigenvalue weighted by Gasteiger charge is 2.43. The number of nitrogens with zero attached hydrogens (tertiary/aromatic N) is 1. The van der Waals surface area contributed by atoms with E-state index < -0.39 is 18.8 Å². The Hall–Kier alpha value is -1.13. The van der Waals surface area contributed by atoms with Gasteiger partial charge in [0.15, 0.2) is 0 Å². The van der Waals surface area contributed by atoms with Crippen molar-refractivity contribution in [3.8, 4) is 0 Å². The smallest absolute Gasteiger partial charge is 0.246 e. The summed E-state index contributed by atoms with van der Waals surface area (Å²) in [5, 5.41) is 2.93. The van der Waals surface area contributed by atoms with Gasteiger partial charge in [0, 0.05) is 6.54 Å². The molecule has 2 rings (SSSR count). The average Bonchev–Trinajstić information content (AvgIpc) is 2.47. The maximum atomic E-state index is 12.8. The molecule has 1 aliphatic heterocycles. The maximum absolute atomic E-state index is 12.8. The second kappa shape index (κ2) is 7.23. The largest absolute Gasteiger partial charge is 0.342 e. The van der Waals surface area contributed by atoms with Crippen molar-refractivity contribution < 1.29 is 14.0 Å². The zero-order chi connectivity index (χ0) is 15.4. The van der Waals surface area contributed by atoms with Gasteiger partial charge in [-0.05, 0) is 31.1 Å². The molecule has 2 unspecified atom stereocenters. The molecule has 1 saturated heterocycles. The van der Waals surface area contributed by atoms with Gasteiger partial charge in [-0.3, -0.25) is 9.59 Å². The Balaban J connectivity index is 2.13. The van der Waals surface area contributed by atoms with Crippen LogP contribution in [0.15, 0.2) is 0 Å². The standard InChI is InChI=1S/C16H27FN2O2/c1-11(2)10-13-15(20)18-14(12-6-4-3-5-7-12)16(21)19(13)9-8-17/h11-14H,3-10H2,1-2H3,(H,18,20). The van der Waals surface area contributed by atoms with Gasteiger partial charge in [0.05, 0.1) is 0 Å². The summed E-state index contributed by atoms with van der Waals surface area (Å²) < 4.78 is 12.8. The molecular weight excluding hydrogens is 271 g/mol. The molecule has 2 atom stereocenters. The highest BCUT2D eigenvalue weighted by molar-refractivity contribution is 5.97. The van der Waals surface area contributed by atoms with Crippen LogP contribution in [0.25, 0.3) is 0 Å². The van der Waals surface area contributed by atoms with Crippen LogP contribution in [0.4, 0.5) is 4.39 Å². The van der Waals surface area contributed by atoms with Crippen LogP contribution < -0.4 is 5.32 Å². The van der Waals surface area contributed by atoms with E-state index in [2.05, 4.69) is 5.32 Å². The zero-order valence-corrected chi connectivity index (χ0v) is 13.1. The minimum Gasteiger partial charge on any atom is -0.342 e. The first-order valence-corrected chi connectivity index (χ1v) is 8.21. The van der Waals surface area contributed by atoms with Crippen LogP contribution in [-0.2, 0) is 9.59 Å². The Morgan fingerprint density at radius 3 is 2.48 bits per heavy atom. The first-order valence-electron chi connectivity index (χ1n) is 8.21. The molecule has 0 aromatic rings. The van der Waals surface area contributed by atoms with Crippen molar-refractivity contribution in [2.75, 3.05) is 13.2 Å². The first kappa shape index (κ1) is 16.2. The summed E-state index contributed by atoms with van der Waals surface area (Å²) in [5.74, 6) is 0.330. The molecule has 0 radical (unpaired) electrons. The molecule has 1 saturated carbocycles. The van der Waals surface area contributed by atoms with Gasteiger partial charge in [0.25, 0.3) is 0 Å². The van der Waals surface area contributed by atoms with E-state index in [4.69, 9.17) is 0 Å². The quantitative estimate of drug-likeness (QED) is 0.846. The second-order valence-electron chi connectivity index (χ2n) is 6.75. The van der Waals surface area contributed by atoms with Crippen molar-refractivity contribution in [3.05, 3.63) is 0 Å². The molecule has 120 valence electrons. The number of halogens is 1. The minimum absolute atomic E-state index is 0.0346. The Morgan fingerprint density at radius 2 is 1.90 bits per heavy atom. The molecule has 2 amide bonds. The summed E-state index contributed by atoms with van der Waals surface area (Å²) in [5.41, 5.74) is 0. The lowest BCUT2D eigenvalue weighted by Gasteiger charge is -2.42. The van der Waals surface area contributed by atoms with Gasteiger partial charge in [-0.25, -0.2) is 4.39 Å². The highest BCUT2D eigenvalue weighted by Crippen LogP contribution is 2.30. The van der Waals surface area contributed by atoms with Crippen LogP contribution in [0.5, 0.6) is 0 Å². The third-order valence-electron chi connectivity index (χ3n) is 4.67. The van der Waals surface area contributed by atoms with Gasteiger partial charge >= 0.3 is 0 Å². The number of carbonyl (C=O) groups excluding carboxylic acids is 2. The lowest BCUT2D eigenvalue weighted by atomic mass is 9.81. The molecule has 2 aliphatic rings. The van der Waals surface area contributed by atoms with E-state index in [-0.39, 0.29) is 24.3 Å². The Labute approximate surface area is 126 Å². The van der Waals surface area contributed by atoms with Crippen LogP contribution >= 0.6 is 0 Å². The van der Waals surface area contributed by atoms with Crippen LogP contribution in [-0.4, -0.2) is 42.0 Å². The molecule has 21 heavy (non-hydrogen) atoms. The van der Waals surface area contributed by atoms with E-state index in [1.54, 1.807) is 0 Å². The van der Waals surface area contributed by atoms with E-state index >= 15 is 0 Å². The second-order valence-corrected chi connectivity index (χ2v) is 6.75. The molecule has 0 aromatic carbocycles. The van der Waals surface area contributed by atoms with Gasteiger partial charge in [0.1, 0.15) is 18.8 Å². The van der Waals surface area contributed by atoms with Gasteiger partial charge in [-0.15, -0.1) is 0 Å². The fraction of sp³-hybridized carbons (Fsp3) is 0.875. The number of alkyl halides is 1. The number of piperazine rings is 1. The minimum atomic E-state index is -0.592. The van der Waals surface area contributed by atoms with Crippen molar-refractivity contribution in [3.63, 3.8) is 0 Å². The number of hydrogen-bond donors (Lipinski definition) is 1. The molecule has 1 N–H and O–H groups in total. The predicted molar refractivity (Wildman–Crippen MR) is 79.4 cm³/mol. The lowest BCUT2D eigenvalue weighted by molar-refractivity contribution is -0.152. The van der Waals surface area contributed by atoms with Crippen molar-refractivity contribution in [1.82, 2.24) is 10.2 Å². The third kappa shape index (κ3) is 3.74. The Bertz CT molecular complexity index is 380.